The number of hydrogen-bond donors (Lipinski definition) is 0. The number of benzene rings is 1. The van der Waals surface area contributed by atoms with Crippen LogP contribution in [-0.4, -0.2) is 41.9 Å². The first-order valence-corrected chi connectivity index (χ1v) is 8.02. The van der Waals surface area contributed by atoms with Crippen LogP contribution < -0.4 is 0 Å². The summed E-state index contributed by atoms with van der Waals surface area (Å²) in [5.74, 6) is 0.368. The molecule has 1 fully saturated rings. The van der Waals surface area contributed by atoms with Crippen LogP contribution in [0.15, 0.2) is 24.3 Å². The molecule has 1 aliphatic heterocycles. The SMILES string of the molecule is Cc1cccc(CN2CCC(N(C)C(=O)C(C)C)CC2)c1. The van der Waals surface area contributed by atoms with Crippen molar-refractivity contribution in [3.8, 4) is 0 Å². The molecule has 0 atom stereocenters. The van der Waals surface area contributed by atoms with Crippen molar-refractivity contribution in [3.63, 3.8) is 0 Å². The second-order valence-electron chi connectivity index (χ2n) is 6.60. The molecular formula is C18H28N2O. The van der Waals surface area contributed by atoms with Gasteiger partial charge in [-0.25, -0.2) is 0 Å². The lowest BCUT2D eigenvalue weighted by Crippen LogP contribution is -2.46. The maximum atomic E-state index is 12.1. The normalized spacial score (nSPS) is 17.2. The standard InChI is InChI=1S/C18H28N2O/c1-14(2)18(21)19(4)17-8-10-20(11-9-17)13-16-7-5-6-15(3)12-16/h5-7,12,14,17H,8-11,13H2,1-4H3. The molecule has 3 heteroatoms. The molecule has 0 aliphatic carbocycles. The number of likely N-dealkylation sites (tertiary alicyclic amines) is 1. The van der Waals surface area contributed by atoms with Crippen molar-refractivity contribution in [3.05, 3.63) is 35.4 Å². The molecule has 1 heterocycles. The third-order valence-electron chi connectivity index (χ3n) is 4.44. The topological polar surface area (TPSA) is 23.6 Å². The fourth-order valence-corrected chi connectivity index (χ4v) is 3.12. The van der Waals surface area contributed by atoms with E-state index in [0.29, 0.717) is 6.04 Å². The number of hydrogen-bond acceptors (Lipinski definition) is 2. The number of carbonyl (C=O) groups is 1. The first-order valence-electron chi connectivity index (χ1n) is 8.02. The third kappa shape index (κ3) is 4.31. The minimum Gasteiger partial charge on any atom is -0.342 e. The Balaban J connectivity index is 1.84. The van der Waals surface area contributed by atoms with Crippen LogP contribution in [0.5, 0.6) is 0 Å². The van der Waals surface area contributed by atoms with E-state index in [1.54, 1.807) is 0 Å². The van der Waals surface area contributed by atoms with Gasteiger partial charge in [-0.2, -0.15) is 0 Å². The van der Waals surface area contributed by atoms with E-state index in [4.69, 9.17) is 0 Å². The predicted octanol–water partition coefficient (Wildman–Crippen LogP) is 3.07. The number of carbonyl (C=O) groups excluding carboxylic acids is 1. The molecule has 0 aromatic heterocycles. The van der Waals surface area contributed by atoms with Gasteiger partial charge < -0.3 is 4.90 Å². The van der Waals surface area contributed by atoms with Crippen molar-refractivity contribution in [2.75, 3.05) is 20.1 Å². The van der Waals surface area contributed by atoms with Crippen LogP contribution in [-0.2, 0) is 11.3 Å². The predicted molar refractivity (Wildman–Crippen MR) is 87.1 cm³/mol. The van der Waals surface area contributed by atoms with Crippen molar-refractivity contribution in [1.82, 2.24) is 9.80 Å². The van der Waals surface area contributed by atoms with Gasteiger partial charge in [0, 0.05) is 38.6 Å². The smallest absolute Gasteiger partial charge is 0.225 e. The molecule has 1 amide bonds. The van der Waals surface area contributed by atoms with Gasteiger partial charge >= 0.3 is 0 Å². The summed E-state index contributed by atoms with van der Waals surface area (Å²) in [6.45, 7) is 9.28. The highest BCUT2D eigenvalue weighted by Gasteiger charge is 2.26. The largest absolute Gasteiger partial charge is 0.342 e. The summed E-state index contributed by atoms with van der Waals surface area (Å²) in [5, 5.41) is 0. The number of amides is 1. The van der Waals surface area contributed by atoms with Gasteiger partial charge in [0.15, 0.2) is 0 Å². The summed E-state index contributed by atoms with van der Waals surface area (Å²) >= 11 is 0. The van der Waals surface area contributed by atoms with Gasteiger partial charge in [-0.1, -0.05) is 43.7 Å². The van der Waals surface area contributed by atoms with Crippen molar-refractivity contribution in [2.45, 2.75) is 46.2 Å². The van der Waals surface area contributed by atoms with E-state index >= 15 is 0 Å². The van der Waals surface area contributed by atoms with Gasteiger partial charge in [0.05, 0.1) is 0 Å². The fourth-order valence-electron chi connectivity index (χ4n) is 3.12. The zero-order chi connectivity index (χ0) is 15.4. The summed E-state index contributed by atoms with van der Waals surface area (Å²) < 4.78 is 0. The maximum Gasteiger partial charge on any atom is 0.225 e. The molecule has 116 valence electrons. The Hall–Kier alpha value is -1.35. The minimum absolute atomic E-state index is 0.0975. The molecule has 0 radical (unpaired) electrons. The molecule has 0 unspecified atom stereocenters. The lowest BCUT2D eigenvalue weighted by Gasteiger charge is -2.37. The molecule has 1 aromatic rings. The van der Waals surface area contributed by atoms with E-state index in [9.17, 15) is 4.79 Å². The highest BCUT2D eigenvalue weighted by atomic mass is 16.2. The number of piperidine rings is 1. The van der Waals surface area contributed by atoms with Crippen LogP contribution in [0.25, 0.3) is 0 Å². The van der Waals surface area contributed by atoms with E-state index in [-0.39, 0.29) is 11.8 Å². The highest BCUT2D eigenvalue weighted by molar-refractivity contribution is 5.78. The molecule has 0 bridgehead atoms. The Bertz CT molecular complexity index is 476. The molecule has 21 heavy (non-hydrogen) atoms. The fraction of sp³-hybridized carbons (Fsp3) is 0.611. The second kappa shape index (κ2) is 7.08. The van der Waals surface area contributed by atoms with Gasteiger partial charge in [-0.05, 0) is 25.3 Å². The van der Waals surface area contributed by atoms with Crippen LogP contribution in [0.4, 0.5) is 0 Å². The molecule has 0 saturated carbocycles. The van der Waals surface area contributed by atoms with Crippen LogP contribution in [0, 0.1) is 12.8 Å². The summed E-state index contributed by atoms with van der Waals surface area (Å²) in [7, 11) is 1.96. The average Bonchev–Trinajstić information content (AvgIpc) is 2.46. The quantitative estimate of drug-likeness (QED) is 0.850. The lowest BCUT2D eigenvalue weighted by molar-refractivity contribution is -0.136. The molecule has 2 rings (SSSR count). The van der Waals surface area contributed by atoms with Crippen LogP contribution in [0.1, 0.15) is 37.8 Å². The molecular weight excluding hydrogens is 260 g/mol. The maximum absolute atomic E-state index is 12.1. The highest BCUT2D eigenvalue weighted by Crippen LogP contribution is 2.19. The van der Waals surface area contributed by atoms with E-state index in [1.807, 2.05) is 25.8 Å². The van der Waals surface area contributed by atoms with E-state index in [0.717, 1.165) is 32.5 Å². The molecule has 1 aliphatic rings. The Labute approximate surface area is 128 Å². The first kappa shape index (κ1) is 16.0. The third-order valence-corrected chi connectivity index (χ3v) is 4.44. The average molecular weight is 288 g/mol. The Morgan fingerprint density at radius 2 is 2.00 bits per heavy atom. The zero-order valence-electron chi connectivity index (χ0n) is 13.8. The van der Waals surface area contributed by atoms with E-state index in [2.05, 4.69) is 36.1 Å². The Morgan fingerprint density at radius 1 is 1.33 bits per heavy atom. The van der Waals surface area contributed by atoms with Gasteiger partial charge in [-0.3, -0.25) is 9.69 Å². The van der Waals surface area contributed by atoms with Gasteiger partial charge in [-0.15, -0.1) is 0 Å². The molecule has 3 nitrogen and oxygen atoms in total. The van der Waals surface area contributed by atoms with Gasteiger partial charge in [0.1, 0.15) is 0 Å². The lowest BCUT2D eigenvalue weighted by atomic mass is 10.0. The van der Waals surface area contributed by atoms with Gasteiger partial charge in [0.25, 0.3) is 0 Å². The monoisotopic (exact) mass is 288 g/mol. The Kier molecular flexibility index (Phi) is 5.40. The van der Waals surface area contributed by atoms with Crippen LogP contribution in [0.2, 0.25) is 0 Å². The summed E-state index contributed by atoms with van der Waals surface area (Å²) in [5.41, 5.74) is 2.71. The summed E-state index contributed by atoms with van der Waals surface area (Å²) in [4.78, 5) is 16.5. The molecule has 1 aromatic carbocycles. The van der Waals surface area contributed by atoms with Crippen molar-refractivity contribution in [2.24, 2.45) is 5.92 Å². The molecule has 1 saturated heterocycles. The van der Waals surface area contributed by atoms with Gasteiger partial charge in [0.2, 0.25) is 5.91 Å². The van der Waals surface area contributed by atoms with E-state index < -0.39 is 0 Å². The van der Waals surface area contributed by atoms with Crippen molar-refractivity contribution in [1.29, 1.82) is 0 Å². The first-order chi connectivity index (χ1) is 9.97. The van der Waals surface area contributed by atoms with Crippen molar-refractivity contribution < 1.29 is 4.79 Å². The minimum atomic E-state index is 0.0975. The summed E-state index contributed by atoms with van der Waals surface area (Å²) in [6, 6.07) is 9.15. The number of rotatable bonds is 4. The number of nitrogens with zero attached hydrogens (tertiary/aromatic N) is 2. The van der Waals surface area contributed by atoms with E-state index in [1.165, 1.54) is 11.1 Å². The van der Waals surface area contributed by atoms with Crippen LogP contribution >= 0.6 is 0 Å². The zero-order valence-corrected chi connectivity index (χ0v) is 13.8. The number of aryl methyl sites for hydroxylation is 1. The van der Waals surface area contributed by atoms with Crippen molar-refractivity contribution >= 4 is 5.91 Å². The Morgan fingerprint density at radius 3 is 2.57 bits per heavy atom. The van der Waals surface area contributed by atoms with Crippen LogP contribution in [0.3, 0.4) is 0 Å². The molecule has 0 N–H and O–H groups in total. The summed E-state index contributed by atoms with van der Waals surface area (Å²) in [6.07, 6.45) is 2.17. The second-order valence-corrected chi connectivity index (χ2v) is 6.60. The molecule has 0 spiro atoms.